The first kappa shape index (κ1) is 32.4. The van der Waals surface area contributed by atoms with Gasteiger partial charge in [-0.3, -0.25) is 9.80 Å². The van der Waals surface area contributed by atoms with Gasteiger partial charge in [-0.1, -0.05) is 34.1 Å². The largest absolute Gasteiger partial charge is 0.495 e. The van der Waals surface area contributed by atoms with Crippen molar-refractivity contribution in [1.29, 1.82) is 0 Å². The molecule has 1 fully saturated rings. The molecule has 0 atom stereocenters. The maximum atomic E-state index is 12.5. The van der Waals surface area contributed by atoms with Crippen molar-refractivity contribution in [2.75, 3.05) is 22.9 Å². The molecule has 42 heavy (non-hydrogen) atoms. The monoisotopic (exact) mass is 642 g/mol. The lowest BCUT2D eigenvalue weighted by Crippen LogP contribution is -2.41. The molecule has 0 bridgehead atoms. The van der Waals surface area contributed by atoms with Crippen molar-refractivity contribution < 1.29 is 28.4 Å². The van der Waals surface area contributed by atoms with E-state index in [1.165, 1.54) is 5.56 Å². The maximum Gasteiger partial charge on any atom is 0.495 e. The third-order valence-electron chi connectivity index (χ3n) is 7.77. The molecule has 2 aromatic carbocycles. The molecule has 0 aliphatic carbocycles. The molecule has 8 nitrogen and oxygen atoms in total. The van der Waals surface area contributed by atoms with Gasteiger partial charge in [-0.05, 0) is 117 Å². The Balaban J connectivity index is 0.000000208. The second kappa shape index (κ2) is 11.5. The summed E-state index contributed by atoms with van der Waals surface area (Å²) in [4.78, 5) is 27.9. The molecule has 0 aromatic heterocycles. The van der Waals surface area contributed by atoms with E-state index in [0.29, 0.717) is 13.1 Å². The van der Waals surface area contributed by atoms with Gasteiger partial charge >= 0.3 is 19.3 Å². The fourth-order valence-electron chi connectivity index (χ4n) is 5.06. The van der Waals surface area contributed by atoms with E-state index in [1.54, 1.807) is 9.80 Å². The summed E-state index contributed by atoms with van der Waals surface area (Å²) >= 11 is 3.51. The van der Waals surface area contributed by atoms with E-state index < -0.39 is 18.3 Å². The second-order valence-corrected chi connectivity index (χ2v) is 14.8. The molecule has 3 aliphatic heterocycles. The van der Waals surface area contributed by atoms with Crippen LogP contribution in [0.1, 0.15) is 80.4 Å². The van der Waals surface area contributed by atoms with Gasteiger partial charge in [-0.2, -0.15) is 0 Å². The zero-order valence-corrected chi connectivity index (χ0v) is 28.2. The summed E-state index contributed by atoms with van der Waals surface area (Å²) in [5, 5.41) is 0. The van der Waals surface area contributed by atoms with Crippen molar-refractivity contribution in [3.05, 3.63) is 52.0 Å². The predicted octanol–water partition coefficient (Wildman–Crippen LogP) is 7.03. The van der Waals surface area contributed by atoms with Crippen molar-refractivity contribution in [1.82, 2.24) is 0 Å². The Bertz CT molecular complexity index is 1330. The van der Waals surface area contributed by atoms with Gasteiger partial charge in [0.15, 0.2) is 0 Å². The quantitative estimate of drug-likeness (QED) is 0.311. The van der Waals surface area contributed by atoms with Crippen molar-refractivity contribution in [3.8, 4) is 0 Å². The van der Waals surface area contributed by atoms with Crippen molar-refractivity contribution in [2.24, 2.45) is 0 Å². The highest BCUT2D eigenvalue weighted by molar-refractivity contribution is 9.10. The first-order valence-electron chi connectivity index (χ1n) is 14.6. The van der Waals surface area contributed by atoms with E-state index in [9.17, 15) is 9.59 Å². The molecule has 5 rings (SSSR count). The van der Waals surface area contributed by atoms with Crippen LogP contribution in [-0.4, -0.2) is 54.8 Å². The molecular formula is C32H44BBrN2O6. The molecule has 3 aliphatic rings. The van der Waals surface area contributed by atoms with Gasteiger partial charge in [0.2, 0.25) is 0 Å². The topological polar surface area (TPSA) is 77.5 Å². The molecule has 0 unspecified atom stereocenters. The lowest BCUT2D eigenvalue weighted by molar-refractivity contribution is 0.00578. The molecule has 228 valence electrons. The highest BCUT2D eigenvalue weighted by Crippen LogP contribution is 2.38. The molecule has 2 amide bonds. The molecule has 3 heterocycles. The summed E-state index contributed by atoms with van der Waals surface area (Å²) in [7, 11) is -0.418. The number of ether oxygens (including phenoxy) is 2. The Kier molecular flexibility index (Phi) is 8.87. The number of carbonyl (C=O) groups is 2. The fraction of sp³-hybridized carbons (Fsp3) is 0.562. The van der Waals surface area contributed by atoms with Crippen LogP contribution in [0.4, 0.5) is 21.0 Å². The predicted molar refractivity (Wildman–Crippen MR) is 171 cm³/mol. The molecule has 0 saturated carbocycles. The third kappa shape index (κ3) is 6.97. The van der Waals surface area contributed by atoms with Crippen LogP contribution in [0.25, 0.3) is 0 Å². The average molecular weight is 643 g/mol. The van der Waals surface area contributed by atoms with Gasteiger partial charge in [0.05, 0.1) is 16.9 Å². The van der Waals surface area contributed by atoms with Crippen LogP contribution in [0, 0.1) is 0 Å². The van der Waals surface area contributed by atoms with Gasteiger partial charge in [0.25, 0.3) is 0 Å². The molecule has 0 radical (unpaired) electrons. The number of rotatable bonds is 1. The summed E-state index contributed by atoms with van der Waals surface area (Å²) in [5.74, 6) is 0. The zero-order valence-electron chi connectivity index (χ0n) is 26.6. The van der Waals surface area contributed by atoms with Crippen LogP contribution in [0.5, 0.6) is 0 Å². The van der Waals surface area contributed by atoms with Crippen molar-refractivity contribution in [2.45, 2.75) is 104 Å². The van der Waals surface area contributed by atoms with E-state index in [4.69, 9.17) is 18.8 Å². The van der Waals surface area contributed by atoms with E-state index in [-0.39, 0.29) is 23.4 Å². The highest BCUT2D eigenvalue weighted by atomic mass is 79.9. The number of benzene rings is 2. The number of amides is 2. The lowest BCUT2D eigenvalue weighted by Gasteiger charge is -2.32. The van der Waals surface area contributed by atoms with Crippen LogP contribution in [0.2, 0.25) is 0 Å². The number of fused-ring (bicyclic) bond motifs is 2. The number of anilines is 2. The van der Waals surface area contributed by atoms with Crippen LogP contribution >= 0.6 is 15.9 Å². The zero-order chi connectivity index (χ0) is 31.3. The van der Waals surface area contributed by atoms with Crippen molar-refractivity contribution >= 4 is 52.1 Å². The Morgan fingerprint density at radius 1 is 0.762 bits per heavy atom. The molecule has 1 saturated heterocycles. The molecule has 0 N–H and O–H groups in total. The minimum atomic E-state index is -0.511. The lowest BCUT2D eigenvalue weighted by atomic mass is 9.75. The third-order valence-corrected chi connectivity index (χ3v) is 8.51. The van der Waals surface area contributed by atoms with Gasteiger partial charge in [-0.15, -0.1) is 0 Å². The summed E-state index contributed by atoms with van der Waals surface area (Å²) in [6, 6.07) is 11.8. The van der Waals surface area contributed by atoms with Crippen LogP contribution < -0.4 is 15.3 Å². The minimum Gasteiger partial charge on any atom is -0.443 e. The van der Waals surface area contributed by atoms with Gasteiger partial charge in [-0.25, -0.2) is 9.59 Å². The molecular weight excluding hydrogens is 599 g/mol. The van der Waals surface area contributed by atoms with Gasteiger partial charge in [0, 0.05) is 23.2 Å². The van der Waals surface area contributed by atoms with Crippen LogP contribution in [0.3, 0.4) is 0 Å². The number of nitrogens with zero attached hydrogens (tertiary/aromatic N) is 2. The standard InChI is InChI=1S/C19H28BNO4.C13H16BrNO2/c1-17(2,3)23-16(22)21-12-11-13-14(9-8-10-15(13)21)20-24-18(4,5)19(6,7)25-20;1-13(2,3)17-12(16)15-8-7-9-10(14)5-4-6-11(9)15/h8-10H,11-12H2,1-7H3;4-6H,7-8H2,1-3H3. The summed E-state index contributed by atoms with van der Waals surface area (Å²) in [5.41, 5.74) is 3.39. The van der Waals surface area contributed by atoms with Gasteiger partial charge < -0.3 is 18.8 Å². The number of carbonyl (C=O) groups excluding carboxylic acids is 2. The van der Waals surface area contributed by atoms with Crippen molar-refractivity contribution in [3.63, 3.8) is 0 Å². The fourth-order valence-corrected chi connectivity index (χ4v) is 5.61. The number of hydrogen-bond acceptors (Lipinski definition) is 6. The van der Waals surface area contributed by atoms with Crippen LogP contribution in [0.15, 0.2) is 40.9 Å². The van der Waals surface area contributed by atoms with E-state index in [2.05, 4.69) is 15.9 Å². The minimum absolute atomic E-state index is 0.269. The normalized spacial score (nSPS) is 18.7. The van der Waals surface area contributed by atoms with E-state index in [1.807, 2.05) is 106 Å². The van der Waals surface area contributed by atoms with Gasteiger partial charge in [0.1, 0.15) is 11.2 Å². The Hall–Kier alpha value is -2.56. The second-order valence-electron chi connectivity index (χ2n) is 13.9. The first-order valence-corrected chi connectivity index (χ1v) is 15.3. The number of halogens is 1. The summed E-state index contributed by atoms with van der Waals surface area (Å²) in [6.45, 7) is 20.7. The Labute approximate surface area is 259 Å². The Morgan fingerprint density at radius 2 is 1.19 bits per heavy atom. The summed E-state index contributed by atoms with van der Waals surface area (Å²) in [6.07, 6.45) is 1.07. The average Bonchev–Trinajstić information content (AvgIpc) is 3.51. The SMILES string of the molecule is CC(C)(C)OC(=O)N1CCc2c(B3OC(C)(C)C(C)(C)O3)cccc21.CC(C)(C)OC(=O)N1CCc2c(Br)cccc21. The molecule has 10 heteroatoms. The Morgan fingerprint density at radius 3 is 1.67 bits per heavy atom. The highest BCUT2D eigenvalue weighted by Gasteiger charge is 2.52. The smallest absolute Gasteiger partial charge is 0.443 e. The maximum absolute atomic E-state index is 12.5. The van der Waals surface area contributed by atoms with E-state index >= 15 is 0 Å². The number of hydrogen-bond donors (Lipinski definition) is 0. The first-order chi connectivity index (χ1) is 19.3. The van der Waals surface area contributed by atoms with Crippen LogP contribution in [-0.2, 0) is 31.6 Å². The summed E-state index contributed by atoms with van der Waals surface area (Å²) < 4.78 is 24.4. The van der Waals surface area contributed by atoms with E-state index in [0.717, 1.165) is 39.7 Å². The molecule has 0 spiro atoms. The molecule has 2 aromatic rings.